The predicted octanol–water partition coefficient (Wildman–Crippen LogP) is 2.02. The highest BCUT2D eigenvalue weighted by Crippen LogP contribution is 2.43. The molecule has 4 heteroatoms. The van der Waals surface area contributed by atoms with E-state index in [0.29, 0.717) is 32.3 Å². The van der Waals surface area contributed by atoms with Crippen LogP contribution >= 0.6 is 0 Å². The van der Waals surface area contributed by atoms with E-state index < -0.39 is 11.0 Å². The molecule has 18 heavy (non-hydrogen) atoms. The number of aliphatic hydroxyl groups excluding tert-OH is 1. The van der Waals surface area contributed by atoms with Crippen molar-refractivity contribution in [3.8, 4) is 0 Å². The van der Waals surface area contributed by atoms with Gasteiger partial charge < -0.3 is 14.9 Å². The first-order valence-electron chi connectivity index (χ1n) is 6.91. The third-order valence-electron chi connectivity index (χ3n) is 4.19. The smallest absolute Gasteiger partial charge is 0.314 e. The molecule has 1 rings (SSSR count). The summed E-state index contributed by atoms with van der Waals surface area (Å²) in [6.07, 6.45) is 3.46. The first kappa shape index (κ1) is 15.4. The fourth-order valence-corrected chi connectivity index (χ4v) is 2.38. The Morgan fingerprint density at radius 2 is 1.94 bits per heavy atom. The molecule has 0 atom stereocenters. The molecule has 1 saturated carbocycles. The van der Waals surface area contributed by atoms with E-state index in [0.717, 1.165) is 12.8 Å². The normalized spacial score (nSPS) is 29.1. The highest BCUT2D eigenvalue weighted by atomic mass is 16.5. The van der Waals surface area contributed by atoms with Gasteiger partial charge in [-0.05, 0) is 46.0 Å². The van der Waals surface area contributed by atoms with Crippen molar-refractivity contribution in [1.29, 1.82) is 0 Å². The van der Waals surface area contributed by atoms with Gasteiger partial charge in [0.15, 0.2) is 0 Å². The van der Waals surface area contributed by atoms with E-state index in [9.17, 15) is 15.0 Å². The summed E-state index contributed by atoms with van der Waals surface area (Å²) < 4.78 is 5.23. The lowest BCUT2D eigenvalue weighted by atomic mass is 9.66. The fraction of sp³-hybridized carbons (Fsp3) is 0.929. The van der Waals surface area contributed by atoms with Gasteiger partial charge in [0.05, 0.1) is 23.7 Å². The average molecular weight is 258 g/mol. The maximum Gasteiger partial charge on any atom is 0.314 e. The Morgan fingerprint density at radius 3 is 2.44 bits per heavy atom. The van der Waals surface area contributed by atoms with E-state index in [1.165, 1.54) is 0 Å². The number of carbonyl (C=O) groups excluding carboxylic acids is 1. The minimum atomic E-state index is -1.06. The number of carbonyl (C=O) groups is 1. The molecule has 0 heterocycles. The quantitative estimate of drug-likeness (QED) is 0.585. The van der Waals surface area contributed by atoms with Crippen LogP contribution in [0.25, 0.3) is 0 Å². The molecule has 0 spiro atoms. The molecule has 1 aliphatic carbocycles. The van der Waals surface area contributed by atoms with Crippen LogP contribution in [0.4, 0.5) is 0 Å². The van der Waals surface area contributed by atoms with E-state index in [-0.39, 0.29) is 12.1 Å². The van der Waals surface area contributed by atoms with Crippen molar-refractivity contribution < 1.29 is 19.7 Å². The van der Waals surface area contributed by atoms with Gasteiger partial charge >= 0.3 is 5.97 Å². The Bertz CT molecular complexity index is 278. The third kappa shape index (κ3) is 3.23. The molecule has 0 aliphatic heterocycles. The highest BCUT2D eigenvalue weighted by Gasteiger charge is 2.51. The zero-order valence-corrected chi connectivity index (χ0v) is 11.7. The zero-order valence-electron chi connectivity index (χ0n) is 11.7. The molecule has 0 bridgehead atoms. The van der Waals surface area contributed by atoms with Gasteiger partial charge in [-0.3, -0.25) is 4.79 Å². The van der Waals surface area contributed by atoms with Gasteiger partial charge in [0.25, 0.3) is 0 Å². The Morgan fingerprint density at radius 1 is 1.39 bits per heavy atom. The molecule has 1 fully saturated rings. The SMILES string of the molecule is CCCCOC(=O)C(C)(C)[C@]1(O)CC[C@H](O)CC1. The van der Waals surface area contributed by atoms with Gasteiger partial charge in [0, 0.05) is 0 Å². The van der Waals surface area contributed by atoms with Crippen molar-refractivity contribution in [3.05, 3.63) is 0 Å². The first-order chi connectivity index (χ1) is 8.33. The monoisotopic (exact) mass is 258 g/mol. The Kier molecular flexibility index (Phi) is 5.17. The van der Waals surface area contributed by atoms with E-state index in [2.05, 4.69) is 0 Å². The summed E-state index contributed by atoms with van der Waals surface area (Å²) in [5.74, 6) is -0.338. The van der Waals surface area contributed by atoms with Crippen molar-refractivity contribution in [3.63, 3.8) is 0 Å². The first-order valence-corrected chi connectivity index (χ1v) is 6.91. The molecule has 0 unspecified atom stereocenters. The number of hydrogen-bond acceptors (Lipinski definition) is 4. The van der Waals surface area contributed by atoms with Crippen molar-refractivity contribution in [1.82, 2.24) is 0 Å². The molecule has 1 aliphatic rings. The van der Waals surface area contributed by atoms with E-state index in [1.807, 2.05) is 6.92 Å². The van der Waals surface area contributed by atoms with Crippen molar-refractivity contribution in [2.75, 3.05) is 6.61 Å². The number of hydrogen-bond donors (Lipinski definition) is 2. The molecule has 0 aromatic carbocycles. The summed E-state index contributed by atoms with van der Waals surface area (Å²) in [6, 6.07) is 0. The second-order valence-electron chi connectivity index (χ2n) is 5.88. The van der Waals surface area contributed by atoms with Crippen molar-refractivity contribution in [2.45, 2.75) is 71.0 Å². The van der Waals surface area contributed by atoms with Crippen LogP contribution < -0.4 is 0 Å². The largest absolute Gasteiger partial charge is 0.465 e. The van der Waals surface area contributed by atoms with Crippen LogP contribution in [0.1, 0.15) is 59.3 Å². The number of rotatable bonds is 5. The maximum absolute atomic E-state index is 12.1. The van der Waals surface area contributed by atoms with Crippen molar-refractivity contribution >= 4 is 5.97 Å². The van der Waals surface area contributed by atoms with Crippen LogP contribution in [-0.2, 0) is 9.53 Å². The molecule has 0 radical (unpaired) electrons. The molecule has 0 amide bonds. The Labute approximate surface area is 109 Å². The number of esters is 1. The highest BCUT2D eigenvalue weighted by molar-refractivity contribution is 5.77. The van der Waals surface area contributed by atoms with Gasteiger partial charge in [-0.25, -0.2) is 0 Å². The average Bonchev–Trinajstić information content (AvgIpc) is 2.33. The van der Waals surface area contributed by atoms with Crippen LogP contribution in [0.5, 0.6) is 0 Å². The lowest BCUT2D eigenvalue weighted by Gasteiger charge is -2.44. The number of aliphatic hydroxyl groups is 2. The lowest BCUT2D eigenvalue weighted by Crippen LogP contribution is -2.52. The minimum Gasteiger partial charge on any atom is -0.465 e. The van der Waals surface area contributed by atoms with Crippen LogP contribution in [0.3, 0.4) is 0 Å². The van der Waals surface area contributed by atoms with E-state index >= 15 is 0 Å². The predicted molar refractivity (Wildman–Crippen MR) is 69.1 cm³/mol. The summed E-state index contributed by atoms with van der Waals surface area (Å²) in [5, 5.41) is 20.1. The second-order valence-corrected chi connectivity index (χ2v) is 5.88. The fourth-order valence-electron chi connectivity index (χ4n) is 2.38. The summed E-state index contributed by atoms with van der Waals surface area (Å²) in [6.45, 7) is 5.92. The molecule has 4 nitrogen and oxygen atoms in total. The molecule has 106 valence electrons. The van der Waals surface area contributed by atoms with Gasteiger partial charge in [0.1, 0.15) is 0 Å². The minimum absolute atomic E-state index is 0.338. The van der Waals surface area contributed by atoms with E-state index in [4.69, 9.17) is 4.74 Å². The summed E-state index contributed by atoms with van der Waals surface area (Å²) in [4.78, 5) is 12.1. The Balaban J connectivity index is 2.63. The van der Waals surface area contributed by atoms with Gasteiger partial charge in [0.2, 0.25) is 0 Å². The molecule has 0 aromatic heterocycles. The standard InChI is InChI=1S/C14H26O4/c1-4-5-10-18-12(16)13(2,3)14(17)8-6-11(15)7-9-14/h11,15,17H,4-10H2,1-3H3/t11-,14-. The van der Waals surface area contributed by atoms with Crippen molar-refractivity contribution in [2.24, 2.45) is 5.41 Å². The molecule has 0 aromatic rings. The lowest BCUT2D eigenvalue weighted by molar-refractivity contribution is -0.178. The second kappa shape index (κ2) is 6.02. The van der Waals surface area contributed by atoms with Gasteiger partial charge in [-0.2, -0.15) is 0 Å². The maximum atomic E-state index is 12.1. The van der Waals surface area contributed by atoms with Crippen LogP contribution in [-0.4, -0.2) is 34.5 Å². The molecule has 2 N–H and O–H groups in total. The summed E-state index contributed by atoms with van der Waals surface area (Å²) in [7, 11) is 0. The van der Waals surface area contributed by atoms with Crippen LogP contribution in [0.15, 0.2) is 0 Å². The van der Waals surface area contributed by atoms with Gasteiger partial charge in [-0.15, -0.1) is 0 Å². The topological polar surface area (TPSA) is 66.8 Å². The summed E-state index contributed by atoms with van der Waals surface area (Å²) >= 11 is 0. The zero-order chi connectivity index (χ0) is 13.8. The molecular weight excluding hydrogens is 232 g/mol. The Hall–Kier alpha value is -0.610. The van der Waals surface area contributed by atoms with Crippen LogP contribution in [0.2, 0.25) is 0 Å². The third-order valence-corrected chi connectivity index (χ3v) is 4.19. The molecular formula is C14H26O4. The van der Waals surface area contributed by atoms with E-state index in [1.54, 1.807) is 13.8 Å². The summed E-state index contributed by atoms with van der Waals surface area (Å²) in [5.41, 5.74) is -1.98. The van der Waals surface area contributed by atoms with Gasteiger partial charge in [-0.1, -0.05) is 13.3 Å². The number of unbranched alkanes of at least 4 members (excludes halogenated alkanes) is 1. The van der Waals surface area contributed by atoms with Crippen LogP contribution in [0, 0.1) is 5.41 Å². The number of ether oxygens (including phenoxy) is 1. The molecule has 0 saturated heterocycles.